The molecular weight excluding hydrogens is 340 g/mol. The molecule has 2 N–H and O–H groups in total. The first-order valence-electron chi connectivity index (χ1n) is 9.97. The summed E-state index contributed by atoms with van der Waals surface area (Å²) in [6, 6.07) is 0. The minimum atomic E-state index is -4.39. The lowest BCUT2D eigenvalue weighted by molar-refractivity contribution is -0.131. The first-order chi connectivity index (χ1) is 11.6. The molecule has 4 aliphatic carbocycles. The van der Waals surface area contributed by atoms with E-state index in [1.54, 1.807) is 0 Å². The number of fused-ring (bicyclic) bond motifs is 5. The van der Waals surface area contributed by atoms with Gasteiger partial charge in [-0.3, -0.25) is 4.55 Å². The highest BCUT2D eigenvalue weighted by Crippen LogP contribution is 2.66. The molecule has 5 nitrogen and oxygen atoms in total. The Morgan fingerprint density at radius 1 is 0.920 bits per heavy atom. The molecule has 0 aromatic rings. The summed E-state index contributed by atoms with van der Waals surface area (Å²) in [5.41, 5.74) is 0.180. The maximum atomic E-state index is 11.3. The molecule has 6 heteroatoms. The van der Waals surface area contributed by atoms with Crippen LogP contribution in [-0.4, -0.2) is 30.3 Å². The molecule has 4 saturated carbocycles. The van der Waals surface area contributed by atoms with Crippen LogP contribution in [0, 0.1) is 34.5 Å². The van der Waals surface area contributed by atoms with Crippen molar-refractivity contribution < 1.29 is 22.3 Å². The van der Waals surface area contributed by atoms with Crippen LogP contribution < -0.4 is 0 Å². The molecule has 0 aliphatic heterocycles. The van der Waals surface area contributed by atoms with Crippen LogP contribution in [-0.2, 0) is 14.6 Å². The largest absolute Gasteiger partial charge is 0.397 e. The van der Waals surface area contributed by atoms with Crippen LogP contribution in [0.2, 0.25) is 0 Å². The van der Waals surface area contributed by atoms with Crippen molar-refractivity contribution in [1.82, 2.24) is 0 Å². The van der Waals surface area contributed by atoms with E-state index in [1.807, 2.05) is 0 Å². The standard InChI is InChI=1S/C19H32O5S/c1-18-9-7-13(20)11-12(18)3-4-14-15-5-6-17(24-25(21,22)23)19(15,2)10-8-16(14)18/h12-17,20H,3-11H2,1-2H3,(H,21,22,23)/t12-,13-,14-,15+,16-,17-,18-,19-/m0/s1. The lowest BCUT2D eigenvalue weighted by atomic mass is 9.45. The highest BCUT2D eigenvalue weighted by atomic mass is 32.3. The monoisotopic (exact) mass is 372 g/mol. The summed E-state index contributed by atoms with van der Waals surface area (Å²) in [5.74, 6) is 2.43. The molecule has 0 amide bonds. The molecule has 0 aromatic heterocycles. The van der Waals surface area contributed by atoms with Gasteiger partial charge >= 0.3 is 10.4 Å². The smallest absolute Gasteiger partial charge is 0.393 e. The van der Waals surface area contributed by atoms with Gasteiger partial charge in [0.1, 0.15) is 0 Å². The molecule has 0 unspecified atom stereocenters. The van der Waals surface area contributed by atoms with Crippen LogP contribution in [0.5, 0.6) is 0 Å². The van der Waals surface area contributed by atoms with Gasteiger partial charge in [0.2, 0.25) is 0 Å². The Morgan fingerprint density at radius 3 is 2.32 bits per heavy atom. The molecule has 0 spiro atoms. The van der Waals surface area contributed by atoms with Crippen molar-refractivity contribution in [1.29, 1.82) is 0 Å². The van der Waals surface area contributed by atoms with E-state index in [9.17, 15) is 13.5 Å². The number of aliphatic hydroxyl groups is 1. The molecule has 0 radical (unpaired) electrons. The Labute approximate surface area is 151 Å². The van der Waals surface area contributed by atoms with Crippen LogP contribution in [0.25, 0.3) is 0 Å². The summed E-state index contributed by atoms with van der Waals surface area (Å²) in [6.45, 7) is 4.62. The van der Waals surface area contributed by atoms with Crippen molar-refractivity contribution in [2.24, 2.45) is 34.5 Å². The van der Waals surface area contributed by atoms with Crippen molar-refractivity contribution in [2.75, 3.05) is 0 Å². The fourth-order valence-electron chi connectivity index (χ4n) is 7.49. The maximum absolute atomic E-state index is 11.3. The van der Waals surface area contributed by atoms with Gasteiger partial charge in [0.15, 0.2) is 0 Å². The Bertz CT molecular complexity index is 634. The van der Waals surface area contributed by atoms with Crippen LogP contribution >= 0.6 is 0 Å². The molecule has 4 rings (SSSR count). The first-order valence-corrected chi connectivity index (χ1v) is 11.3. The minimum absolute atomic E-state index is 0.123. The van der Waals surface area contributed by atoms with Crippen molar-refractivity contribution in [3.63, 3.8) is 0 Å². The van der Waals surface area contributed by atoms with Gasteiger partial charge in [-0.15, -0.1) is 0 Å². The topological polar surface area (TPSA) is 83.8 Å². The fourth-order valence-corrected chi connectivity index (χ4v) is 8.10. The van der Waals surface area contributed by atoms with Crippen LogP contribution in [0.4, 0.5) is 0 Å². The Hall–Kier alpha value is -0.170. The molecule has 0 bridgehead atoms. The average molecular weight is 373 g/mol. The molecule has 0 heterocycles. The van der Waals surface area contributed by atoms with Gasteiger partial charge in [-0.25, -0.2) is 4.18 Å². The zero-order valence-corrected chi connectivity index (χ0v) is 16.2. The van der Waals surface area contributed by atoms with E-state index >= 15 is 0 Å². The third kappa shape index (κ3) is 2.88. The highest BCUT2D eigenvalue weighted by Gasteiger charge is 2.61. The predicted molar refractivity (Wildman–Crippen MR) is 94.2 cm³/mol. The van der Waals surface area contributed by atoms with Gasteiger partial charge in [0.25, 0.3) is 0 Å². The van der Waals surface area contributed by atoms with E-state index < -0.39 is 10.4 Å². The lowest BCUT2D eigenvalue weighted by Crippen LogP contribution is -2.54. The number of aliphatic hydroxyl groups excluding tert-OH is 1. The summed E-state index contributed by atoms with van der Waals surface area (Å²) in [5, 5.41) is 10.1. The van der Waals surface area contributed by atoms with E-state index in [0.717, 1.165) is 44.9 Å². The second kappa shape index (κ2) is 5.91. The minimum Gasteiger partial charge on any atom is -0.393 e. The predicted octanol–water partition coefficient (Wildman–Crippen LogP) is 3.58. The molecular formula is C19H32O5S. The van der Waals surface area contributed by atoms with E-state index in [4.69, 9.17) is 8.74 Å². The van der Waals surface area contributed by atoms with Gasteiger partial charge in [0.05, 0.1) is 12.2 Å². The van der Waals surface area contributed by atoms with Gasteiger partial charge in [-0.05, 0) is 92.3 Å². The molecule has 144 valence electrons. The Morgan fingerprint density at radius 2 is 1.60 bits per heavy atom. The fraction of sp³-hybridized carbons (Fsp3) is 1.00. The zero-order chi connectivity index (χ0) is 18.0. The summed E-state index contributed by atoms with van der Waals surface area (Å²) in [6.07, 6.45) is 8.69. The molecule has 4 aliphatic rings. The number of hydrogen-bond acceptors (Lipinski definition) is 4. The van der Waals surface area contributed by atoms with Gasteiger partial charge < -0.3 is 5.11 Å². The van der Waals surface area contributed by atoms with Crippen LogP contribution in [0.15, 0.2) is 0 Å². The van der Waals surface area contributed by atoms with Crippen molar-refractivity contribution in [3.8, 4) is 0 Å². The average Bonchev–Trinajstić information content (AvgIpc) is 2.83. The third-order valence-electron chi connectivity index (χ3n) is 8.79. The SMILES string of the molecule is C[C@]12CC[C@H](O)C[C@@H]1CC[C@H]1[C@H]3CC[C@H](OS(=O)(=O)O)[C@@]3(C)CC[C@@H]12. The summed E-state index contributed by atoms with van der Waals surface area (Å²) >= 11 is 0. The van der Waals surface area contributed by atoms with Gasteiger partial charge in [-0.1, -0.05) is 13.8 Å². The number of rotatable bonds is 2. The molecule has 8 atom stereocenters. The van der Waals surface area contributed by atoms with Crippen LogP contribution in [0.1, 0.15) is 71.6 Å². The van der Waals surface area contributed by atoms with Crippen molar-refractivity contribution in [3.05, 3.63) is 0 Å². The molecule has 4 fully saturated rings. The Balaban J connectivity index is 1.58. The van der Waals surface area contributed by atoms with E-state index in [0.29, 0.717) is 29.1 Å². The second-order valence-electron chi connectivity index (χ2n) is 9.72. The molecule has 0 saturated heterocycles. The van der Waals surface area contributed by atoms with Crippen molar-refractivity contribution >= 4 is 10.4 Å². The normalized spacial score (nSPS) is 53.0. The molecule has 0 aromatic carbocycles. The molecule has 25 heavy (non-hydrogen) atoms. The second-order valence-corrected chi connectivity index (χ2v) is 10.8. The van der Waals surface area contributed by atoms with Crippen LogP contribution in [0.3, 0.4) is 0 Å². The lowest BCUT2D eigenvalue weighted by Gasteiger charge is -2.60. The van der Waals surface area contributed by atoms with E-state index in [2.05, 4.69) is 13.8 Å². The summed E-state index contributed by atoms with van der Waals surface area (Å²) < 4.78 is 36.8. The van der Waals surface area contributed by atoms with E-state index in [-0.39, 0.29) is 17.6 Å². The van der Waals surface area contributed by atoms with Crippen molar-refractivity contribution in [2.45, 2.75) is 83.8 Å². The van der Waals surface area contributed by atoms with Gasteiger partial charge in [-0.2, -0.15) is 8.42 Å². The third-order valence-corrected chi connectivity index (χ3v) is 9.26. The Kier molecular flexibility index (Phi) is 4.31. The maximum Gasteiger partial charge on any atom is 0.397 e. The highest BCUT2D eigenvalue weighted by molar-refractivity contribution is 7.80. The van der Waals surface area contributed by atoms with E-state index in [1.165, 1.54) is 12.8 Å². The zero-order valence-electron chi connectivity index (χ0n) is 15.4. The summed E-state index contributed by atoms with van der Waals surface area (Å²) in [4.78, 5) is 0. The van der Waals surface area contributed by atoms with Gasteiger partial charge in [0, 0.05) is 0 Å². The quantitative estimate of drug-likeness (QED) is 0.724. The number of hydrogen-bond donors (Lipinski definition) is 2. The first kappa shape index (κ1) is 18.2. The summed E-state index contributed by atoms with van der Waals surface area (Å²) in [7, 11) is -4.39.